The van der Waals surface area contributed by atoms with Gasteiger partial charge in [0.2, 0.25) is 5.91 Å². The van der Waals surface area contributed by atoms with Crippen LogP contribution < -0.4 is 10.6 Å². The van der Waals surface area contributed by atoms with Crippen LogP contribution >= 0.6 is 11.3 Å². The van der Waals surface area contributed by atoms with Crippen LogP contribution in [-0.4, -0.2) is 36.7 Å². The van der Waals surface area contributed by atoms with E-state index in [9.17, 15) is 4.79 Å². The Morgan fingerprint density at radius 1 is 1.67 bits per heavy atom. The van der Waals surface area contributed by atoms with E-state index in [1.165, 1.54) is 0 Å². The zero-order valence-electron chi connectivity index (χ0n) is 10.7. The third kappa shape index (κ3) is 3.07. The molecule has 18 heavy (non-hydrogen) atoms. The Kier molecular flexibility index (Phi) is 4.68. The summed E-state index contributed by atoms with van der Waals surface area (Å²) in [6, 6.07) is 0.0823. The molecule has 0 bridgehead atoms. The largest absolute Gasteiger partial charge is 0.379 e. The SMILES string of the molecule is CCNC1COCC1C(=O)NC(C)c1nccs1. The average molecular weight is 269 g/mol. The molecule has 100 valence electrons. The van der Waals surface area contributed by atoms with Crippen LogP contribution in [-0.2, 0) is 9.53 Å². The van der Waals surface area contributed by atoms with Crippen LogP contribution in [0.4, 0.5) is 0 Å². The van der Waals surface area contributed by atoms with Crippen molar-refractivity contribution in [2.45, 2.75) is 25.9 Å². The molecule has 2 rings (SSSR count). The maximum absolute atomic E-state index is 12.2. The molecule has 1 aliphatic rings. The minimum atomic E-state index is -0.104. The average Bonchev–Trinajstić information content (AvgIpc) is 3.00. The number of ether oxygens (including phenoxy) is 1. The van der Waals surface area contributed by atoms with Crippen LogP contribution in [0.25, 0.3) is 0 Å². The highest BCUT2D eigenvalue weighted by atomic mass is 32.1. The number of aromatic nitrogens is 1. The van der Waals surface area contributed by atoms with Gasteiger partial charge in [0, 0.05) is 17.6 Å². The first-order valence-electron chi connectivity index (χ1n) is 6.23. The van der Waals surface area contributed by atoms with E-state index in [1.807, 2.05) is 19.2 Å². The van der Waals surface area contributed by atoms with E-state index in [2.05, 4.69) is 15.6 Å². The van der Waals surface area contributed by atoms with Crippen molar-refractivity contribution in [2.24, 2.45) is 5.92 Å². The predicted molar refractivity (Wildman–Crippen MR) is 70.4 cm³/mol. The maximum atomic E-state index is 12.2. The van der Waals surface area contributed by atoms with Crippen molar-refractivity contribution in [3.8, 4) is 0 Å². The van der Waals surface area contributed by atoms with Gasteiger partial charge in [0.15, 0.2) is 0 Å². The van der Waals surface area contributed by atoms with E-state index >= 15 is 0 Å². The molecule has 0 radical (unpaired) electrons. The Morgan fingerprint density at radius 2 is 2.50 bits per heavy atom. The number of amides is 1. The number of hydrogen-bond acceptors (Lipinski definition) is 5. The third-order valence-electron chi connectivity index (χ3n) is 3.06. The number of carbonyl (C=O) groups excluding carboxylic acids is 1. The van der Waals surface area contributed by atoms with Gasteiger partial charge in [-0.05, 0) is 13.5 Å². The van der Waals surface area contributed by atoms with Crippen molar-refractivity contribution in [3.05, 3.63) is 16.6 Å². The minimum absolute atomic E-state index is 0.0413. The van der Waals surface area contributed by atoms with Crippen LogP contribution in [0.3, 0.4) is 0 Å². The standard InChI is InChI=1S/C12H19N3O2S/c1-3-13-10-7-17-6-9(10)11(16)15-8(2)12-14-4-5-18-12/h4-5,8-10,13H,3,6-7H2,1-2H3,(H,15,16). The van der Waals surface area contributed by atoms with Crippen LogP contribution in [0, 0.1) is 5.92 Å². The second kappa shape index (κ2) is 6.26. The van der Waals surface area contributed by atoms with Crippen molar-refractivity contribution in [3.63, 3.8) is 0 Å². The maximum Gasteiger partial charge on any atom is 0.227 e. The van der Waals surface area contributed by atoms with Crippen LogP contribution in [0.15, 0.2) is 11.6 Å². The summed E-state index contributed by atoms with van der Waals surface area (Å²) in [6.07, 6.45) is 1.75. The van der Waals surface area contributed by atoms with Gasteiger partial charge in [-0.3, -0.25) is 4.79 Å². The predicted octanol–water partition coefficient (Wildman–Crippen LogP) is 0.945. The molecule has 2 heterocycles. The monoisotopic (exact) mass is 269 g/mol. The highest BCUT2D eigenvalue weighted by Gasteiger charge is 2.34. The Bertz CT molecular complexity index is 383. The lowest BCUT2D eigenvalue weighted by molar-refractivity contribution is -0.126. The fourth-order valence-electron chi connectivity index (χ4n) is 2.11. The lowest BCUT2D eigenvalue weighted by Gasteiger charge is -2.20. The fraction of sp³-hybridized carbons (Fsp3) is 0.667. The number of nitrogens with zero attached hydrogens (tertiary/aromatic N) is 1. The molecule has 3 unspecified atom stereocenters. The quantitative estimate of drug-likeness (QED) is 0.835. The lowest BCUT2D eigenvalue weighted by atomic mass is 10.0. The summed E-state index contributed by atoms with van der Waals surface area (Å²) in [7, 11) is 0. The highest BCUT2D eigenvalue weighted by Crippen LogP contribution is 2.18. The van der Waals surface area contributed by atoms with Gasteiger partial charge in [-0.15, -0.1) is 11.3 Å². The van der Waals surface area contributed by atoms with Gasteiger partial charge in [-0.1, -0.05) is 6.92 Å². The Labute approximate surface area is 111 Å². The molecular formula is C12H19N3O2S. The van der Waals surface area contributed by atoms with E-state index in [1.54, 1.807) is 17.5 Å². The second-order valence-corrected chi connectivity index (χ2v) is 5.33. The first-order chi connectivity index (χ1) is 8.72. The Hall–Kier alpha value is -0.980. The Balaban J connectivity index is 1.91. The minimum Gasteiger partial charge on any atom is -0.379 e. The van der Waals surface area contributed by atoms with Crippen molar-refractivity contribution in [2.75, 3.05) is 19.8 Å². The molecule has 0 aromatic carbocycles. The van der Waals surface area contributed by atoms with E-state index < -0.39 is 0 Å². The van der Waals surface area contributed by atoms with Crippen LogP contribution in [0.2, 0.25) is 0 Å². The van der Waals surface area contributed by atoms with Gasteiger partial charge in [-0.25, -0.2) is 4.98 Å². The van der Waals surface area contributed by atoms with Crippen molar-refractivity contribution >= 4 is 17.2 Å². The van der Waals surface area contributed by atoms with Crippen LogP contribution in [0.1, 0.15) is 24.9 Å². The van der Waals surface area contributed by atoms with Gasteiger partial charge >= 0.3 is 0 Å². The summed E-state index contributed by atoms with van der Waals surface area (Å²) >= 11 is 1.55. The molecule has 2 N–H and O–H groups in total. The third-order valence-corrected chi connectivity index (χ3v) is 4.02. The number of nitrogens with one attached hydrogen (secondary N) is 2. The molecule has 0 aliphatic carbocycles. The smallest absolute Gasteiger partial charge is 0.227 e. The zero-order valence-corrected chi connectivity index (χ0v) is 11.5. The number of rotatable bonds is 5. The molecule has 6 heteroatoms. The molecule has 1 saturated heterocycles. The summed E-state index contributed by atoms with van der Waals surface area (Å²) in [5.41, 5.74) is 0. The van der Waals surface area contributed by atoms with Crippen molar-refractivity contribution in [1.82, 2.24) is 15.6 Å². The van der Waals surface area contributed by atoms with Gasteiger partial charge < -0.3 is 15.4 Å². The highest BCUT2D eigenvalue weighted by molar-refractivity contribution is 7.09. The normalized spacial score (nSPS) is 25.0. The van der Waals surface area contributed by atoms with Crippen molar-refractivity contribution < 1.29 is 9.53 Å². The lowest BCUT2D eigenvalue weighted by Crippen LogP contribution is -2.44. The van der Waals surface area contributed by atoms with Crippen molar-refractivity contribution in [1.29, 1.82) is 0 Å². The van der Waals surface area contributed by atoms with E-state index in [-0.39, 0.29) is 23.9 Å². The summed E-state index contributed by atoms with van der Waals surface area (Å²) in [4.78, 5) is 16.4. The van der Waals surface area contributed by atoms with Crippen LogP contribution in [0.5, 0.6) is 0 Å². The summed E-state index contributed by atoms with van der Waals surface area (Å²) in [5.74, 6) is -0.0616. The van der Waals surface area contributed by atoms with E-state index in [4.69, 9.17) is 4.74 Å². The van der Waals surface area contributed by atoms with Gasteiger partial charge in [0.25, 0.3) is 0 Å². The first-order valence-corrected chi connectivity index (χ1v) is 7.11. The molecular weight excluding hydrogens is 250 g/mol. The van der Waals surface area contributed by atoms with E-state index in [0.29, 0.717) is 13.2 Å². The number of carbonyl (C=O) groups is 1. The second-order valence-electron chi connectivity index (χ2n) is 4.41. The summed E-state index contributed by atoms with van der Waals surface area (Å²) < 4.78 is 5.38. The molecule has 1 aliphatic heterocycles. The topological polar surface area (TPSA) is 63.2 Å². The summed E-state index contributed by atoms with van der Waals surface area (Å²) in [6.45, 7) is 5.94. The zero-order chi connectivity index (χ0) is 13.0. The first kappa shape index (κ1) is 13.5. The summed E-state index contributed by atoms with van der Waals surface area (Å²) in [5, 5.41) is 9.13. The molecule has 0 saturated carbocycles. The molecule has 1 fully saturated rings. The number of likely N-dealkylation sites (N-methyl/N-ethyl adjacent to an activating group) is 1. The van der Waals surface area contributed by atoms with E-state index in [0.717, 1.165) is 11.6 Å². The van der Waals surface area contributed by atoms with Gasteiger partial charge in [0.1, 0.15) is 5.01 Å². The molecule has 3 atom stereocenters. The fourth-order valence-corrected chi connectivity index (χ4v) is 2.75. The molecule has 1 aromatic rings. The van der Waals surface area contributed by atoms with Gasteiger partial charge in [-0.2, -0.15) is 0 Å². The Morgan fingerprint density at radius 3 is 3.17 bits per heavy atom. The molecule has 1 amide bonds. The molecule has 1 aromatic heterocycles. The molecule has 5 nitrogen and oxygen atoms in total. The number of hydrogen-bond donors (Lipinski definition) is 2. The molecule has 0 spiro atoms. The number of thiazole rings is 1. The van der Waals surface area contributed by atoms with Gasteiger partial charge in [0.05, 0.1) is 25.2 Å².